The first-order valence-corrected chi connectivity index (χ1v) is 5.80. The number of benzene rings is 1. The van der Waals surface area contributed by atoms with Crippen molar-refractivity contribution in [1.82, 2.24) is 5.32 Å². The third kappa shape index (κ3) is 3.43. The lowest BCUT2D eigenvalue weighted by Crippen LogP contribution is -2.50. The van der Waals surface area contributed by atoms with E-state index in [1.165, 1.54) is 0 Å². The summed E-state index contributed by atoms with van der Waals surface area (Å²) in [5.74, 6) is -0.474. The molecule has 17 heavy (non-hydrogen) atoms. The van der Waals surface area contributed by atoms with Gasteiger partial charge in [0.25, 0.3) is 0 Å². The van der Waals surface area contributed by atoms with Crippen molar-refractivity contribution in [2.75, 3.05) is 13.2 Å². The maximum atomic E-state index is 11.6. The van der Waals surface area contributed by atoms with E-state index in [0.29, 0.717) is 18.0 Å². The van der Waals surface area contributed by atoms with Gasteiger partial charge in [-0.1, -0.05) is 23.7 Å². The lowest BCUT2D eigenvalue weighted by molar-refractivity contribution is -0.124. The Morgan fingerprint density at radius 1 is 1.59 bits per heavy atom. The van der Waals surface area contributed by atoms with E-state index < -0.39 is 11.4 Å². The zero-order valence-corrected chi connectivity index (χ0v) is 10.5. The van der Waals surface area contributed by atoms with Crippen LogP contribution in [0.15, 0.2) is 24.3 Å². The Balaban J connectivity index is 2.95. The van der Waals surface area contributed by atoms with Gasteiger partial charge in [0.1, 0.15) is 5.54 Å². The molecule has 0 saturated carbocycles. The number of halogens is 1. The minimum atomic E-state index is -0.972. The summed E-state index contributed by atoms with van der Waals surface area (Å²) in [7, 11) is 0. The minimum Gasteiger partial charge on any atom is -0.396 e. The minimum absolute atomic E-state index is 0.0669. The molecule has 4 nitrogen and oxygen atoms in total. The smallest absolute Gasteiger partial charge is 0.242 e. The highest BCUT2D eigenvalue weighted by atomic mass is 35.5. The highest BCUT2D eigenvalue weighted by molar-refractivity contribution is 6.30. The molecule has 1 atom stereocenters. The lowest BCUT2D eigenvalue weighted by atomic mass is 9.91. The van der Waals surface area contributed by atoms with Gasteiger partial charge in [0, 0.05) is 11.6 Å². The van der Waals surface area contributed by atoms with E-state index >= 15 is 0 Å². The Labute approximate surface area is 106 Å². The average molecular weight is 257 g/mol. The molecule has 1 amide bonds. The van der Waals surface area contributed by atoms with Crippen LogP contribution in [0.5, 0.6) is 0 Å². The second-order valence-electron chi connectivity index (χ2n) is 4.00. The van der Waals surface area contributed by atoms with Crippen LogP contribution >= 0.6 is 11.6 Å². The van der Waals surface area contributed by atoms with Gasteiger partial charge in [-0.25, -0.2) is 0 Å². The summed E-state index contributed by atoms with van der Waals surface area (Å²) >= 11 is 5.90. The van der Waals surface area contributed by atoms with Crippen molar-refractivity contribution in [2.24, 2.45) is 5.73 Å². The van der Waals surface area contributed by atoms with Crippen LogP contribution in [-0.2, 0) is 10.3 Å². The third-order valence-electron chi connectivity index (χ3n) is 2.71. The van der Waals surface area contributed by atoms with Gasteiger partial charge in [0.05, 0.1) is 0 Å². The molecule has 0 aliphatic carbocycles. The van der Waals surface area contributed by atoms with Gasteiger partial charge in [-0.15, -0.1) is 0 Å². The molecule has 0 spiro atoms. The van der Waals surface area contributed by atoms with Gasteiger partial charge in [0.2, 0.25) is 5.91 Å². The molecule has 0 radical (unpaired) electrons. The molecule has 1 aromatic carbocycles. The number of carbonyl (C=O) groups excluding carboxylic acids is 1. The Morgan fingerprint density at radius 3 is 2.82 bits per heavy atom. The van der Waals surface area contributed by atoms with Gasteiger partial charge in [0.15, 0.2) is 0 Å². The predicted molar refractivity (Wildman–Crippen MR) is 67.7 cm³/mol. The number of carbonyl (C=O) groups is 1. The molecule has 5 heteroatoms. The average Bonchev–Trinajstić information content (AvgIpc) is 2.29. The quantitative estimate of drug-likeness (QED) is 0.665. The van der Waals surface area contributed by atoms with Crippen LogP contribution in [0, 0.1) is 0 Å². The summed E-state index contributed by atoms with van der Waals surface area (Å²) in [5, 5.41) is 12.3. The number of aliphatic hydroxyl groups is 1. The number of amides is 1. The van der Waals surface area contributed by atoms with Gasteiger partial charge < -0.3 is 10.8 Å². The first-order chi connectivity index (χ1) is 8.00. The monoisotopic (exact) mass is 256 g/mol. The van der Waals surface area contributed by atoms with Crippen LogP contribution in [0.25, 0.3) is 0 Å². The highest BCUT2D eigenvalue weighted by Crippen LogP contribution is 2.23. The zero-order valence-electron chi connectivity index (χ0n) is 9.74. The van der Waals surface area contributed by atoms with Crippen LogP contribution in [0.2, 0.25) is 5.02 Å². The number of aliphatic hydroxyl groups excluding tert-OH is 1. The molecule has 0 aliphatic rings. The van der Waals surface area contributed by atoms with E-state index in [4.69, 9.17) is 22.4 Å². The summed E-state index contributed by atoms with van der Waals surface area (Å²) in [5.41, 5.74) is 5.17. The topological polar surface area (TPSA) is 75.3 Å². The Bertz CT molecular complexity index is 398. The number of hydrogen-bond donors (Lipinski definition) is 3. The Hall–Kier alpha value is -1.10. The van der Waals surface area contributed by atoms with E-state index in [9.17, 15) is 4.79 Å². The van der Waals surface area contributed by atoms with E-state index in [1.54, 1.807) is 31.2 Å². The molecule has 1 unspecified atom stereocenters. The standard InChI is InChI=1S/C12H17ClN2O2/c1-12(11(14)17,15-6-3-7-16)9-4-2-5-10(13)8-9/h2,4-5,8,15-16H,3,6-7H2,1H3,(H2,14,17). The summed E-state index contributed by atoms with van der Waals surface area (Å²) in [6.07, 6.45) is 0.559. The maximum absolute atomic E-state index is 11.6. The van der Waals surface area contributed by atoms with Gasteiger partial charge in [-0.2, -0.15) is 0 Å². The molecule has 0 aliphatic heterocycles. The number of rotatable bonds is 6. The number of hydrogen-bond acceptors (Lipinski definition) is 3. The normalized spacial score (nSPS) is 14.3. The second kappa shape index (κ2) is 6.00. The SMILES string of the molecule is CC(NCCCO)(C(N)=O)c1cccc(Cl)c1. The zero-order chi connectivity index (χ0) is 12.9. The molecule has 0 heterocycles. The Kier molecular flexibility index (Phi) is 4.93. The largest absolute Gasteiger partial charge is 0.396 e. The molecule has 1 aromatic rings. The summed E-state index contributed by atoms with van der Waals surface area (Å²) < 4.78 is 0. The molecule has 0 aromatic heterocycles. The summed E-state index contributed by atoms with van der Waals surface area (Å²) in [6.45, 7) is 2.28. The van der Waals surface area contributed by atoms with E-state index in [-0.39, 0.29) is 6.61 Å². The predicted octanol–water partition coefficient (Wildman–Crippen LogP) is 1.01. The van der Waals surface area contributed by atoms with Crippen molar-refractivity contribution >= 4 is 17.5 Å². The van der Waals surface area contributed by atoms with Crippen LogP contribution in [0.3, 0.4) is 0 Å². The van der Waals surface area contributed by atoms with Crippen LogP contribution in [0.1, 0.15) is 18.9 Å². The van der Waals surface area contributed by atoms with Crippen molar-refractivity contribution < 1.29 is 9.90 Å². The summed E-state index contributed by atoms with van der Waals surface area (Å²) in [6, 6.07) is 7.01. The van der Waals surface area contributed by atoms with E-state index in [2.05, 4.69) is 5.32 Å². The van der Waals surface area contributed by atoms with Gasteiger partial charge in [-0.05, 0) is 37.6 Å². The molecular weight excluding hydrogens is 240 g/mol. The number of nitrogens with two attached hydrogens (primary N) is 1. The van der Waals surface area contributed by atoms with Crippen molar-refractivity contribution in [1.29, 1.82) is 0 Å². The second-order valence-corrected chi connectivity index (χ2v) is 4.44. The number of nitrogens with one attached hydrogen (secondary N) is 1. The van der Waals surface area contributed by atoms with E-state index in [1.807, 2.05) is 0 Å². The fourth-order valence-electron chi connectivity index (χ4n) is 1.55. The lowest BCUT2D eigenvalue weighted by Gasteiger charge is -2.28. The maximum Gasteiger partial charge on any atom is 0.242 e. The van der Waals surface area contributed by atoms with Crippen molar-refractivity contribution in [2.45, 2.75) is 18.9 Å². The summed E-state index contributed by atoms with van der Waals surface area (Å²) in [4.78, 5) is 11.6. The van der Waals surface area contributed by atoms with Crippen LogP contribution in [-0.4, -0.2) is 24.2 Å². The highest BCUT2D eigenvalue weighted by Gasteiger charge is 2.32. The van der Waals surface area contributed by atoms with Crippen LogP contribution < -0.4 is 11.1 Å². The molecule has 94 valence electrons. The number of primary amides is 1. The van der Waals surface area contributed by atoms with Crippen molar-refractivity contribution in [3.05, 3.63) is 34.9 Å². The first kappa shape index (κ1) is 14.0. The molecule has 0 saturated heterocycles. The Morgan fingerprint density at radius 2 is 2.29 bits per heavy atom. The van der Waals surface area contributed by atoms with Gasteiger partial charge in [-0.3, -0.25) is 10.1 Å². The third-order valence-corrected chi connectivity index (χ3v) is 2.94. The van der Waals surface area contributed by atoms with Gasteiger partial charge >= 0.3 is 0 Å². The first-order valence-electron chi connectivity index (χ1n) is 5.42. The van der Waals surface area contributed by atoms with Crippen molar-refractivity contribution in [3.8, 4) is 0 Å². The molecule has 0 fully saturated rings. The fourth-order valence-corrected chi connectivity index (χ4v) is 1.74. The molecular formula is C12H17ClN2O2. The van der Waals surface area contributed by atoms with Crippen LogP contribution in [0.4, 0.5) is 0 Å². The molecule has 0 bridgehead atoms. The molecule has 4 N–H and O–H groups in total. The van der Waals surface area contributed by atoms with E-state index in [0.717, 1.165) is 5.56 Å². The fraction of sp³-hybridized carbons (Fsp3) is 0.417. The molecule has 1 rings (SSSR count). The van der Waals surface area contributed by atoms with Crippen molar-refractivity contribution in [3.63, 3.8) is 0 Å².